The quantitative estimate of drug-likeness (QED) is 0.0999. The third kappa shape index (κ3) is 10.3. The third-order valence-electron chi connectivity index (χ3n) is 11.1. The first-order valence-corrected chi connectivity index (χ1v) is 19.9. The number of epoxide rings is 2. The van der Waals surface area contributed by atoms with E-state index in [1.165, 1.54) is 0 Å². The molecule has 2 saturated carbocycles. The predicted octanol–water partition coefficient (Wildman–Crippen LogP) is 8.70. The maximum atomic E-state index is 12.7. The van der Waals surface area contributed by atoms with Crippen molar-refractivity contribution >= 4 is 47.1 Å². The highest BCUT2D eigenvalue weighted by molar-refractivity contribution is 6.30. The molecule has 8 rings (SSSR count). The van der Waals surface area contributed by atoms with Crippen LogP contribution >= 0.6 is 23.2 Å². The molecule has 2 heterocycles. The molecule has 2 aliphatic heterocycles. The van der Waals surface area contributed by atoms with Crippen LogP contribution in [0.25, 0.3) is 0 Å². The molecule has 8 unspecified atom stereocenters. The zero-order valence-electron chi connectivity index (χ0n) is 30.0. The van der Waals surface area contributed by atoms with E-state index in [0.29, 0.717) is 59.1 Å². The van der Waals surface area contributed by atoms with Gasteiger partial charge in [0.1, 0.15) is 0 Å². The smallest absolute Gasteiger partial charge is 0.312 e. The van der Waals surface area contributed by atoms with E-state index in [9.17, 15) is 19.2 Å². The molecule has 12 heteroatoms. The Balaban J connectivity index is 0.000000167. The number of allylic oxidation sites excluding steroid dienone is 4. The fourth-order valence-corrected chi connectivity index (χ4v) is 7.87. The number of rotatable bonds is 10. The van der Waals surface area contributed by atoms with Crippen molar-refractivity contribution in [2.45, 2.75) is 114 Å². The summed E-state index contributed by atoms with van der Waals surface area (Å²) in [6, 6.07) is 13.6. The van der Waals surface area contributed by atoms with Crippen molar-refractivity contribution in [3.8, 4) is 0 Å². The number of ether oxygens (including phenoxy) is 6. The average Bonchev–Trinajstić information content (AvgIpc) is 4.14. The average molecular weight is 782 g/mol. The van der Waals surface area contributed by atoms with Crippen LogP contribution in [0.15, 0.2) is 72.8 Å². The minimum Gasteiger partial charge on any atom is -0.420 e. The van der Waals surface area contributed by atoms with E-state index in [2.05, 4.69) is 12.2 Å². The van der Waals surface area contributed by atoms with Gasteiger partial charge in [0.05, 0.1) is 48.1 Å². The van der Waals surface area contributed by atoms with Gasteiger partial charge in [0.2, 0.25) is 0 Å². The number of halogens is 2. The first-order valence-electron chi connectivity index (χ1n) is 19.1. The Morgan fingerprint density at radius 1 is 0.481 bits per heavy atom. The van der Waals surface area contributed by atoms with Gasteiger partial charge in [-0.2, -0.15) is 0 Å². The first kappa shape index (κ1) is 38.6. The van der Waals surface area contributed by atoms with Gasteiger partial charge in [0.15, 0.2) is 0 Å². The van der Waals surface area contributed by atoms with Gasteiger partial charge < -0.3 is 28.4 Å². The molecule has 54 heavy (non-hydrogen) atoms. The minimum atomic E-state index is -1.06. The third-order valence-corrected chi connectivity index (χ3v) is 11.6. The molecule has 0 aromatic heterocycles. The molecule has 0 N–H and O–H groups in total. The molecule has 6 aliphatic rings. The van der Waals surface area contributed by atoms with Crippen LogP contribution in [0.4, 0.5) is 0 Å². The second-order valence-electron chi connectivity index (χ2n) is 14.9. The van der Waals surface area contributed by atoms with E-state index in [0.717, 1.165) is 51.4 Å². The number of hydrogen-bond acceptors (Lipinski definition) is 10. The maximum absolute atomic E-state index is 12.7. The minimum absolute atomic E-state index is 0.177. The van der Waals surface area contributed by atoms with Crippen LogP contribution in [0, 0.1) is 23.7 Å². The largest absolute Gasteiger partial charge is 0.420 e. The summed E-state index contributed by atoms with van der Waals surface area (Å²) in [4.78, 5) is 50.5. The normalized spacial score (nSPS) is 30.1. The standard InChI is InChI=1S/C21H23ClO6.C21H23ClO4/c22-14-5-1-11(2-6-14)21(27-19(23)12-3-7-15-17(9-12)25-15)28-20(24)13-4-8-16-18(10-13)26-16;22-18-13-11-17(12-14-18)21(25-19(23)15-7-3-1-4-8-15)26-20(24)16-9-5-2-6-10-16/h1-2,5-6,12-13,15-18,21H,3-4,7-10H2;1-3,5,11-16,21H,4,6-10H2. The van der Waals surface area contributed by atoms with Crippen LogP contribution in [0.5, 0.6) is 0 Å². The molecule has 288 valence electrons. The van der Waals surface area contributed by atoms with Gasteiger partial charge in [-0.1, -0.05) is 71.8 Å². The van der Waals surface area contributed by atoms with Gasteiger partial charge in [-0.3, -0.25) is 19.2 Å². The van der Waals surface area contributed by atoms with Gasteiger partial charge in [-0.05, 0) is 101 Å². The van der Waals surface area contributed by atoms with Crippen molar-refractivity contribution in [1.29, 1.82) is 0 Å². The maximum Gasteiger partial charge on any atom is 0.312 e. The lowest BCUT2D eigenvalue weighted by Crippen LogP contribution is -2.29. The number of hydrogen-bond donors (Lipinski definition) is 0. The highest BCUT2D eigenvalue weighted by Crippen LogP contribution is 2.42. The lowest BCUT2D eigenvalue weighted by molar-refractivity contribution is -0.198. The van der Waals surface area contributed by atoms with E-state index < -0.39 is 12.6 Å². The van der Waals surface area contributed by atoms with E-state index in [1.54, 1.807) is 48.5 Å². The van der Waals surface area contributed by atoms with Crippen molar-refractivity contribution in [1.82, 2.24) is 0 Å². The summed E-state index contributed by atoms with van der Waals surface area (Å²) >= 11 is 11.9. The zero-order valence-corrected chi connectivity index (χ0v) is 31.5. The van der Waals surface area contributed by atoms with Gasteiger partial charge in [0.25, 0.3) is 12.6 Å². The van der Waals surface area contributed by atoms with E-state index >= 15 is 0 Å². The van der Waals surface area contributed by atoms with Crippen molar-refractivity contribution in [3.05, 3.63) is 94.0 Å². The zero-order chi connectivity index (χ0) is 37.6. The summed E-state index contributed by atoms with van der Waals surface area (Å²) in [6.45, 7) is 0. The Kier molecular flexibility index (Phi) is 12.7. The van der Waals surface area contributed by atoms with Crippen LogP contribution in [0.2, 0.25) is 10.0 Å². The van der Waals surface area contributed by atoms with E-state index in [-0.39, 0.29) is 59.8 Å². The summed E-state index contributed by atoms with van der Waals surface area (Å²) in [5.74, 6) is -2.14. The number of benzene rings is 2. The highest BCUT2D eigenvalue weighted by Gasteiger charge is 2.48. The van der Waals surface area contributed by atoms with Gasteiger partial charge in [-0.15, -0.1) is 0 Å². The molecule has 10 nitrogen and oxygen atoms in total. The Bertz CT molecular complexity index is 1630. The summed E-state index contributed by atoms with van der Waals surface area (Å²) in [5.41, 5.74) is 1.20. The lowest BCUT2D eigenvalue weighted by atomic mass is 9.89. The molecule has 2 aromatic rings. The topological polar surface area (TPSA) is 130 Å². The summed E-state index contributed by atoms with van der Waals surface area (Å²) < 4.78 is 33.5. The summed E-state index contributed by atoms with van der Waals surface area (Å²) in [6.07, 6.45) is 16.1. The molecule has 0 radical (unpaired) electrons. The second-order valence-corrected chi connectivity index (χ2v) is 15.8. The molecule has 0 spiro atoms. The van der Waals surface area contributed by atoms with Crippen molar-refractivity contribution < 1.29 is 47.6 Å². The predicted molar refractivity (Wildman–Crippen MR) is 198 cm³/mol. The second kappa shape index (κ2) is 17.8. The van der Waals surface area contributed by atoms with Gasteiger partial charge in [0, 0.05) is 21.2 Å². The summed E-state index contributed by atoms with van der Waals surface area (Å²) in [5, 5.41) is 1.13. The van der Waals surface area contributed by atoms with Crippen LogP contribution in [-0.2, 0) is 47.6 Å². The van der Waals surface area contributed by atoms with Gasteiger partial charge in [-0.25, -0.2) is 0 Å². The summed E-state index contributed by atoms with van der Waals surface area (Å²) in [7, 11) is 0. The molecular formula is C42H46Cl2O10. The molecule has 2 saturated heterocycles. The fraction of sp³-hybridized carbons (Fsp3) is 0.524. The number of esters is 4. The molecule has 8 atom stereocenters. The number of carbonyl (C=O) groups is 4. The van der Waals surface area contributed by atoms with Crippen LogP contribution in [-0.4, -0.2) is 48.3 Å². The Labute approximate surface area is 325 Å². The molecule has 4 fully saturated rings. The Morgan fingerprint density at radius 2 is 0.852 bits per heavy atom. The fourth-order valence-electron chi connectivity index (χ4n) is 7.62. The van der Waals surface area contributed by atoms with Crippen LogP contribution < -0.4 is 0 Å². The molecule has 0 bridgehead atoms. The monoisotopic (exact) mass is 780 g/mol. The number of fused-ring (bicyclic) bond motifs is 2. The van der Waals surface area contributed by atoms with Crippen molar-refractivity contribution in [3.63, 3.8) is 0 Å². The van der Waals surface area contributed by atoms with Crippen molar-refractivity contribution in [2.24, 2.45) is 23.7 Å². The molecular weight excluding hydrogens is 735 g/mol. The molecule has 4 aliphatic carbocycles. The Hall–Kier alpha value is -3.70. The van der Waals surface area contributed by atoms with Crippen LogP contribution in [0.3, 0.4) is 0 Å². The number of carbonyl (C=O) groups excluding carboxylic acids is 4. The van der Waals surface area contributed by atoms with Gasteiger partial charge >= 0.3 is 23.9 Å². The first-order chi connectivity index (χ1) is 26.2. The van der Waals surface area contributed by atoms with E-state index in [4.69, 9.17) is 51.6 Å². The Morgan fingerprint density at radius 3 is 1.19 bits per heavy atom. The SMILES string of the molecule is O=C(OC(OC(=O)C1CC=CCC1)c1ccc(Cl)cc1)C1CC=CCC1.O=C(OC(OC(=O)C1CCC2OC2C1)c1ccc(Cl)cc1)C1CCC2OC2C1. The van der Waals surface area contributed by atoms with E-state index in [1.807, 2.05) is 12.2 Å². The highest BCUT2D eigenvalue weighted by atomic mass is 35.5. The van der Waals surface area contributed by atoms with Crippen LogP contribution in [0.1, 0.15) is 101 Å². The lowest BCUT2D eigenvalue weighted by Gasteiger charge is -2.25. The van der Waals surface area contributed by atoms with Crippen molar-refractivity contribution in [2.75, 3.05) is 0 Å². The molecule has 2 aromatic carbocycles. The molecule has 0 amide bonds.